The van der Waals surface area contributed by atoms with Gasteiger partial charge in [-0.1, -0.05) is 88.9 Å². The van der Waals surface area contributed by atoms with Gasteiger partial charge in [-0.25, -0.2) is 0 Å². The van der Waals surface area contributed by atoms with Crippen LogP contribution in [0.3, 0.4) is 0 Å². The zero-order chi connectivity index (χ0) is 24.8. The molecule has 0 unspecified atom stereocenters. The van der Waals surface area contributed by atoms with Gasteiger partial charge in [-0.3, -0.25) is 4.90 Å². The molecular formula is C33H24BNO2. The molecule has 176 valence electrons. The zero-order valence-electron chi connectivity index (χ0n) is 21.0. The van der Waals surface area contributed by atoms with E-state index in [0.717, 1.165) is 51.2 Å². The molecule has 0 amide bonds. The van der Waals surface area contributed by atoms with Gasteiger partial charge in [0.25, 0.3) is 0 Å². The molecule has 3 heterocycles. The van der Waals surface area contributed by atoms with Crippen LogP contribution in [0.15, 0.2) is 91.0 Å². The van der Waals surface area contributed by atoms with Crippen LogP contribution < -0.4 is 30.8 Å². The van der Waals surface area contributed by atoms with E-state index in [0.29, 0.717) is 0 Å². The zero-order valence-corrected chi connectivity index (χ0v) is 21.0. The third-order valence-corrected chi connectivity index (χ3v) is 7.97. The molecule has 4 heteroatoms. The number of anilines is 3. The van der Waals surface area contributed by atoms with E-state index >= 15 is 0 Å². The molecule has 5 aromatic rings. The Labute approximate surface area is 217 Å². The number of nitrogens with zero attached hydrogens (tertiary/aromatic N) is 1. The summed E-state index contributed by atoms with van der Waals surface area (Å²) in [6.45, 7) is 6.74. The van der Waals surface area contributed by atoms with Crippen molar-refractivity contribution in [1.82, 2.24) is 0 Å². The predicted octanol–water partition coefficient (Wildman–Crippen LogP) is 6.79. The standard InChI is InChI=1S/C33H24BNO2/c1-19-15-20(2)30(21(3)16-19)34-24-11-7-13-26-31(24)35-32-25(34)12-8-14-27(32)37-29-18-23(17-28(36-26)33(29)35)22-9-5-4-6-10-22/h4-18H,1-3H3. The monoisotopic (exact) mass is 477 g/mol. The summed E-state index contributed by atoms with van der Waals surface area (Å²) < 4.78 is 13.3. The third kappa shape index (κ3) is 2.78. The van der Waals surface area contributed by atoms with Crippen molar-refractivity contribution in [2.24, 2.45) is 0 Å². The molecule has 3 aliphatic rings. The van der Waals surface area contributed by atoms with Gasteiger partial charge in [-0.15, -0.1) is 0 Å². The van der Waals surface area contributed by atoms with Crippen LogP contribution in [-0.2, 0) is 0 Å². The van der Waals surface area contributed by atoms with E-state index in [1.165, 1.54) is 33.1 Å². The minimum Gasteiger partial charge on any atom is -0.453 e. The van der Waals surface area contributed by atoms with Gasteiger partial charge in [-0.05, 0) is 67.1 Å². The van der Waals surface area contributed by atoms with E-state index in [1.54, 1.807) is 0 Å². The molecule has 0 saturated heterocycles. The summed E-state index contributed by atoms with van der Waals surface area (Å²) in [7, 11) is 0. The van der Waals surface area contributed by atoms with Crippen LogP contribution in [0.2, 0.25) is 0 Å². The van der Waals surface area contributed by atoms with Crippen molar-refractivity contribution in [2.45, 2.75) is 20.8 Å². The van der Waals surface area contributed by atoms with E-state index in [1.807, 2.05) is 6.07 Å². The fourth-order valence-corrected chi connectivity index (χ4v) is 6.64. The highest BCUT2D eigenvalue weighted by Crippen LogP contribution is 2.60. The summed E-state index contributed by atoms with van der Waals surface area (Å²) in [5.41, 5.74) is 13.3. The maximum Gasteiger partial charge on any atom is 0.247 e. The molecule has 0 radical (unpaired) electrons. The van der Waals surface area contributed by atoms with Crippen molar-refractivity contribution in [1.29, 1.82) is 0 Å². The minimum absolute atomic E-state index is 0.0978. The first kappa shape index (κ1) is 20.7. The van der Waals surface area contributed by atoms with Crippen molar-refractivity contribution in [3.63, 3.8) is 0 Å². The number of rotatable bonds is 2. The Morgan fingerprint density at radius 3 is 1.68 bits per heavy atom. The van der Waals surface area contributed by atoms with Crippen molar-refractivity contribution in [3.05, 3.63) is 108 Å². The van der Waals surface area contributed by atoms with Gasteiger partial charge in [0.15, 0.2) is 23.0 Å². The molecular weight excluding hydrogens is 453 g/mol. The summed E-state index contributed by atoms with van der Waals surface area (Å²) in [4.78, 5) is 2.39. The number of hydrogen-bond acceptors (Lipinski definition) is 3. The highest BCUT2D eigenvalue weighted by atomic mass is 16.5. The molecule has 0 aromatic heterocycles. The highest BCUT2D eigenvalue weighted by Gasteiger charge is 2.45. The molecule has 0 spiro atoms. The summed E-state index contributed by atoms with van der Waals surface area (Å²) in [6, 6.07) is 32.2. The lowest BCUT2D eigenvalue weighted by Gasteiger charge is -2.44. The van der Waals surface area contributed by atoms with Crippen molar-refractivity contribution in [3.8, 4) is 34.1 Å². The van der Waals surface area contributed by atoms with Gasteiger partial charge in [-0.2, -0.15) is 0 Å². The van der Waals surface area contributed by atoms with Gasteiger partial charge in [0.1, 0.15) is 5.69 Å². The van der Waals surface area contributed by atoms with Crippen molar-refractivity contribution < 1.29 is 9.47 Å². The lowest BCUT2D eigenvalue weighted by molar-refractivity contribution is 0.447. The normalized spacial score (nSPS) is 13.6. The molecule has 0 bridgehead atoms. The highest BCUT2D eigenvalue weighted by molar-refractivity contribution is 6.98. The molecule has 5 aromatic carbocycles. The van der Waals surface area contributed by atoms with Crippen LogP contribution >= 0.6 is 0 Å². The molecule has 0 fully saturated rings. The van der Waals surface area contributed by atoms with E-state index in [9.17, 15) is 0 Å². The second-order valence-electron chi connectivity index (χ2n) is 10.4. The van der Waals surface area contributed by atoms with Gasteiger partial charge in [0.05, 0.1) is 11.4 Å². The van der Waals surface area contributed by atoms with E-state index in [4.69, 9.17) is 9.47 Å². The third-order valence-electron chi connectivity index (χ3n) is 7.97. The average Bonchev–Trinajstić information content (AvgIpc) is 2.90. The van der Waals surface area contributed by atoms with Crippen LogP contribution in [0.4, 0.5) is 17.1 Å². The molecule has 8 rings (SSSR count). The molecule has 0 N–H and O–H groups in total. The first-order valence-electron chi connectivity index (χ1n) is 12.8. The van der Waals surface area contributed by atoms with E-state index in [2.05, 4.69) is 111 Å². The molecule has 37 heavy (non-hydrogen) atoms. The van der Waals surface area contributed by atoms with Crippen LogP contribution in [0.5, 0.6) is 23.0 Å². The van der Waals surface area contributed by atoms with Gasteiger partial charge in [0, 0.05) is 0 Å². The number of para-hydroxylation sites is 2. The quantitative estimate of drug-likeness (QED) is 0.256. The first-order valence-corrected chi connectivity index (χ1v) is 12.8. The number of benzene rings is 5. The van der Waals surface area contributed by atoms with Gasteiger partial charge < -0.3 is 9.47 Å². The number of ether oxygens (including phenoxy) is 2. The Bertz CT molecular complexity index is 1670. The summed E-state index contributed by atoms with van der Waals surface area (Å²) >= 11 is 0. The molecule has 0 atom stereocenters. The summed E-state index contributed by atoms with van der Waals surface area (Å²) in [6.07, 6.45) is 0. The van der Waals surface area contributed by atoms with Crippen LogP contribution in [-0.4, -0.2) is 6.71 Å². The lowest BCUT2D eigenvalue weighted by atomic mass is 9.33. The SMILES string of the molecule is Cc1cc(C)c(B2c3cccc4c3N3c5c(cc(-c6ccccc6)cc5Oc5cccc2c53)O4)c(C)c1. The Morgan fingerprint density at radius 2 is 1.11 bits per heavy atom. The van der Waals surface area contributed by atoms with E-state index in [-0.39, 0.29) is 6.71 Å². The fourth-order valence-electron chi connectivity index (χ4n) is 6.64. The van der Waals surface area contributed by atoms with Crippen LogP contribution in [0, 0.1) is 20.8 Å². The Hall–Kier alpha value is -4.44. The maximum absolute atomic E-state index is 6.65. The minimum atomic E-state index is 0.0978. The maximum atomic E-state index is 6.65. The Balaban J connectivity index is 1.43. The Kier molecular flexibility index (Phi) is 4.09. The van der Waals surface area contributed by atoms with Crippen LogP contribution in [0.25, 0.3) is 11.1 Å². The van der Waals surface area contributed by atoms with E-state index < -0.39 is 0 Å². The molecule has 3 aliphatic heterocycles. The van der Waals surface area contributed by atoms with Gasteiger partial charge >= 0.3 is 0 Å². The second kappa shape index (κ2) is 7.30. The fraction of sp³-hybridized carbons (Fsp3) is 0.0909. The average molecular weight is 477 g/mol. The first-order chi connectivity index (χ1) is 18.1. The summed E-state index contributed by atoms with van der Waals surface area (Å²) in [5, 5.41) is 0. The number of aryl methyl sites for hydroxylation is 3. The molecule has 3 nitrogen and oxygen atoms in total. The number of hydrogen-bond donors (Lipinski definition) is 0. The largest absolute Gasteiger partial charge is 0.453 e. The van der Waals surface area contributed by atoms with Crippen molar-refractivity contribution >= 4 is 40.2 Å². The van der Waals surface area contributed by atoms with Gasteiger partial charge in [0.2, 0.25) is 6.71 Å². The topological polar surface area (TPSA) is 21.7 Å². The second-order valence-corrected chi connectivity index (χ2v) is 10.4. The Morgan fingerprint density at radius 1 is 0.541 bits per heavy atom. The smallest absolute Gasteiger partial charge is 0.247 e. The summed E-state index contributed by atoms with van der Waals surface area (Å²) in [5.74, 6) is 3.41. The molecule has 0 saturated carbocycles. The lowest BCUT2D eigenvalue weighted by Crippen LogP contribution is -2.59. The predicted molar refractivity (Wildman–Crippen MR) is 152 cm³/mol. The van der Waals surface area contributed by atoms with Crippen LogP contribution in [0.1, 0.15) is 16.7 Å². The van der Waals surface area contributed by atoms with Crippen molar-refractivity contribution in [2.75, 3.05) is 4.90 Å². The molecule has 0 aliphatic carbocycles.